The van der Waals surface area contributed by atoms with E-state index in [1.807, 2.05) is 25.1 Å². The first-order valence-electron chi connectivity index (χ1n) is 9.20. The minimum Gasteiger partial charge on any atom is -0.370 e. The van der Waals surface area contributed by atoms with Crippen LogP contribution in [-0.2, 0) is 4.79 Å². The molecule has 0 bridgehead atoms. The van der Waals surface area contributed by atoms with Crippen LogP contribution in [0.15, 0.2) is 48.5 Å². The van der Waals surface area contributed by atoms with Gasteiger partial charge in [0.2, 0.25) is 5.91 Å². The van der Waals surface area contributed by atoms with Gasteiger partial charge in [0.1, 0.15) is 0 Å². The van der Waals surface area contributed by atoms with Gasteiger partial charge in [-0.3, -0.25) is 19.4 Å². The lowest BCUT2D eigenvalue weighted by Gasteiger charge is -2.13. The SMILES string of the molecule is Cc1ccc2cc(C(=O)Nc3ccccc3C(=O)NCCC(N)=O)c(C)nc2c1. The molecule has 1 heterocycles. The number of carbonyl (C=O) groups excluding carboxylic acids is 3. The number of nitrogens with two attached hydrogens (primary N) is 1. The number of anilines is 1. The van der Waals surface area contributed by atoms with E-state index in [1.165, 1.54) is 0 Å². The summed E-state index contributed by atoms with van der Waals surface area (Å²) in [5.41, 5.74) is 8.72. The second-order valence-corrected chi connectivity index (χ2v) is 6.79. The molecule has 4 N–H and O–H groups in total. The number of benzene rings is 2. The number of rotatable bonds is 6. The molecule has 0 aliphatic carbocycles. The van der Waals surface area contributed by atoms with Gasteiger partial charge in [-0.05, 0) is 43.7 Å². The Morgan fingerprint density at radius 3 is 2.48 bits per heavy atom. The third kappa shape index (κ3) is 4.76. The van der Waals surface area contributed by atoms with E-state index in [9.17, 15) is 14.4 Å². The zero-order valence-electron chi connectivity index (χ0n) is 16.3. The van der Waals surface area contributed by atoms with Crippen molar-refractivity contribution >= 4 is 34.3 Å². The van der Waals surface area contributed by atoms with Crippen molar-refractivity contribution in [2.24, 2.45) is 5.73 Å². The first-order valence-corrected chi connectivity index (χ1v) is 9.20. The summed E-state index contributed by atoms with van der Waals surface area (Å²) >= 11 is 0. The monoisotopic (exact) mass is 390 g/mol. The molecule has 1 aromatic heterocycles. The van der Waals surface area contributed by atoms with Crippen molar-refractivity contribution in [2.45, 2.75) is 20.3 Å². The largest absolute Gasteiger partial charge is 0.370 e. The second kappa shape index (κ2) is 8.52. The first kappa shape index (κ1) is 20.0. The Kier molecular flexibility index (Phi) is 5.87. The van der Waals surface area contributed by atoms with Crippen LogP contribution in [0.1, 0.15) is 38.4 Å². The molecular formula is C22H22N4O3. The quantitative estimate of drug-likeness (QED) is 0.600. The highest BCUT2D eigenvalue weighted by Crippen LogP contribution is 2.21. The maximum atomic E-state index is 12.9. The van der Waals surface area contributed by atoms with Crippen LogP contribution in [-0.4, -0.2) is 29.3 Å². The van der Waals surface area contributed by atoms with Crippen LogP contribution in [0.5, 0.6) is 0 Å². The van der Waals surface area contributed by atoms with Gasteiger partial charge in [0.05, 0.1) is 28.0 Å². The zero-order valence-corrected chi connectivity index (χ0v) is 16.3. The Labute approximate surface area is 168 Å². The lowest BCUT2D eigenvalue weighted by Crippen LogP contribution is -2.29. The number of amides is 3. The van der Waals surface area contributed by atoms with Crippen LogP contribution in [0.2, 0.25) is 0 Å². The Bertz CT molecular complexity index is 1110. The lowest BCUT2D eigenvalue weighted by atomic mass is 10.1. The summed E-state index contributed by atoms with van der Waals surface area (Å²) in [5.74, 6) is -1.25. The molecule has 0 unspecified atom stereocenters. The van der Waals surface area contributed by atoms with Crippen molar-refractivity contribution in [3.8, 4) is 0 Å². The average molecular weight is 390 g/mol. The van der Waals surface area contributed by atoms with Gasteiger partial charge in [-0.25, -0.2) is 0 Å². The molecule has 0 aliphatic heterocycles. The molecular weight excluding hydrogens is 368 g/mol. The number of para-hydroxylation sites is 1. The molecule has 2 aromatic carbocycles. The predicted octanol–water partition coefficient (Wildman–Crippen LogP) is 2.71. The third-order valence-electron chi connectivity index (χ3n) is 4.49. The highest BCUT2D eigenvalue weighted by Gasteiger charge is 2.16. The Balaban J connectivity index is 1.83. The summed E-state index contributed by atoms with van der Waals surface area (Å²) in [4.78, 5) is 40.7. The van der Waals surface area contributed by atoms with Crippen molar-refractivity contribution < 1.29 is 14.4 Å². The summed E-state index contributed by atoms with van der Waals surface area (Å²) in [6.45, 7) is 3.89. The molecule has 0 fully saturated rings. The van der Waals surface area contributed by atoms with Crippen LogP contribution in [0, 0.1) is 13.8 Å². The minimum absolute atomic E-state index is 0.0433. The maximum absolute atomic E-state index is 12.9. The van der Waals surface area contributed by atoms with E-state index in [0.29, 0.717) is 22.5 Å². The number of aromatic nitrogens is 1. The van der Waals surface area contributed by atoms with E-state index in [0.717, 1.165) is 16.5 Å². The van der Waals surface area contributed by atoms with Crippen LogP contribution in [0.25, 0.3) is 10.9 Å². The molecule has 0 saturated carbocycles. The number of fused-ring (bicyclic) bond motifs is 1. The predicted molar refractivity (Wildman–Crippen MR) is 112 cm³/mol. The minimum atomic E-state index is -0.499. The molecule has 7 heteroatoms. The molecule has 3 rings (SSSR count). The van der Waals surface area contributed by atoms with Crippen molar-refractivity contribution in [3.05, 3.63) is 70.9 Å². The molecule has 3 aromatic rings. The fourth-order valence-corrected chi connectivity index (χ4v) is 2.98. The first-order chi connectivity index (χ1) is 13.8. The molecule has 29 heavy (non-hydrogen) atoms. The van der Waals surface area contributed by atoms with Gasteiger partial charge < -0.3 is 16.4 Å². The summed E-state index contributed by atoms with van der Waals surface area (Å²) in [6.07, 6.45) is 0.0433. The Morgan fingerprint density at radius 2 is 1.72 bits per heavy atom. The van der Waals surface area contributed by atoms with Gasteiger partial charge in [-0.15, -0.1) is 0 Å². The standard InChI is InChI=1S/C22H22N4O3/c1-13-7-8-15-12-17(14(2)25-19(15)11-13)22(29)26-18-6-4-3-5-16(18)21(28)24-10-9-20(23)27/h3-8,11-12H,9-10H2,1-2H3,(H2,23,27)(H,24,28)(H,26,29). The number of nitrogens with one attached hydrogen (secondary N) is 2. The molecule has 7 nitrogen and oxygen atoms in total. The fourth-order valence-electron chi connectivity index (χ4n) is 2.98. The number of pyridine rings is 1. The lowest BCUT2D eigenvalue weighted by molar-refractivity contribution is -0.117. The van der Waals surface area contributed by atoms with Crippen LogP contribution < -0.4 is 16.4 Å². The molecule has 0 atom stereocenters. The van der Waals surface area contributed by atoms with E-state index in [2.05, 4.69) is 15.6 Å². The van der Waals surface area contributed by atoms with E-state index in [4.69, 9.17) is 5.73 Å². The fraction of sp³-hybridized carbons (Fsp3) is 0.182. The van der Waals surface area contributed by atoms with Crippen molar-refractivity contribution in [3.63, 3.8) is 0 Å². The average Bonchev–Trinajstić information content (AvgIpc) is 2.67. The Hall–Kier alpha value is -3.74. The highest BCUT2D eigenvalue weighted by atomic mass is 16.2. The van der Waals surface area contributed by atoms with Gasteiger partial charge in [0.25, 0.3) is 11.8 Å². The molecule has 0 aliphatic rings. The summed E-state index contributed by atoms with van der Waals surface area (Å²) in [6, 6.07) is 14.3. The number of hydrogen-bond donors (Lipinski definition) is 3. The third-order valence-corrected chi connectivity index (χ3v) is 4.49. The summed E-state index contributed by atoms with van der Waals surface area (Å²) < 4.78 is 0. The van der Waals surface area contributed by atoms with Gasteiger partial charge in [0, 0.05) is 18.4 Å². The molecule has 0 saturated heterocycles. The van der Waals surface area contributed by atoms with Crippen LogP contribution in [0.4, 0.5) is 5.69 Å². The molecule has 148 valence electrons. The zero-order chi connectivity index (χ0) is 21.0. The highest BCUT2D eigenvalue weighted by molar-refractivity contribution is 6.10. The van der Waals surface area contributed by atoms with Crippen molar-refractivity contribution in [2.75, 3.05) is 11.9 Å². The number of carbonyl (C=O) groups is 3. The summed E-state index contributed by atoms with van der Waals surface area (Å²) in [7, 11) is 0. The van der Waals surface area contributed by atoms with E-state index in [-0.39, 0.29) is 18.9 Å². The number of hydrogen-bond acceptors (Lipinski definition) is 4. The normalized spacial score (nSPS) is 10.6. The Morgan fingerprint density at radius 1 is 0.966 bits per heavy atom. The second-order valence-electron chi connectivity index (χ2n) is 6.79. The van der Waals surface area contributed by atoms with Crippen LogP contribution >= 0.6 is 0 Å². The molecule has 3 amide bonds. The number of primary amides is 1. The number of nitrogens with zero attached hydrogens (tertiary/aromatic N) is 1. The van der Waals surface area contributed by atoms with E-state index in [1.54, 1.807) is 37.3 Å². The summed E-state index contributed by atoms with van der Waals surface area (Å²) in [5, 5.41) is 6.28. The molecule has 0 spiro atoms. The van der Waals surface area contributed by atoms with Gasteiger partial charge in [-0.2, -0.15) is 0 Å². The van der Waals surface area contributed by atoms with Crippen molar-refractivity contribution in [1.29, 1.82) is 0 Å². The van der Waals surface area contributed by atoms with Gasteiger partial charge in [-0.1, -0.05) is 24.3 Å². The topological polar surface area (TPSA) is 114 Å². The molecule has 0 radical (unpaired) electrons. The van der Waals surface area contributed by atoms with Gasteiger partial charge >= 0.3 is 0 Å². The van der Waals surface area contributed by atoms with E-state index < -0.39 is 11.8 Å². The van der Waals surface area contributed by atoms with E-state index >= 15 is 0 Å². The van der Waals surface area contributed by atoms with Crippen molar-refractivity contribution in [1.82, 2.24) is 10.3 Å². The smallest absolute Gasteiger partial charge is 0.257 e. The maximum Gasteiger partial charge on any atom is 0.257 e. The van der Waals surface area contributed by atoms with Gasteiger partial charge in [0.15, 0.2) is 0 Å². The number of aryl methyl sites for hydroxylation is 2. The van der Waals surface area contributed by atoms with Crippen LogP contribution in [0.3, 0.4) is 0 Å².